The molecule has 0 radical (unpaired) electrons. The number of aromatic amines is 1. The second-order valence-electron chi connectivity index (χ2n) is 10.2. The number of hydrogen-bond acceptors (Lipinski definition) is 5. The smallest absolute Gasteiger partial charge is 0.247 e. The molecule has 3 atom stereocenters. The van der Waals surface area contributed by atoms with Crippen molar-refractivity contribution in [2.24, 2.45) is 0 Å². The summed E-state index contributed by atoms with van der Waals surface area (Å²) in [5.41, 5.74) is 2.43. The summed E-state index contributed by atoms with van der Waals surface area (Å²) in [6, 6.07) is 16.9. The van der Waals surface area contributed by atoms with Crippen LogP contribution < -0.4 is 10.1 Å². The topological polar surface area (TPSA) is 115 Å². The molecule has 218 valence electrons. The lowest BCUT2D eigenvalue weighted by molar-refractivity contribution is -0.138. The van der Waals surface area contributed by atoms with Gasteiger partial charge < -0.3 is 30.2 Å². The molecule has 0 fully saturated rings. The van der Waals surface area contributed by atoms with Crippen LogP contribution >= 0.6 is 22.6 Å². The highest BCUT2D eigenvalue weighted by atomic mass is 127. The molecule has 9 heteroatoms. The van der Waals surface area contributed by atoms with Crippen molar-refractivity contribution in [1.29, 1.82) is 0 Å². The zero-order valence-electron chi connectivity index (χ0n) is 23.1. The normalized spacial score (nSPS) is 18.5. The molecule has 3 aromatic rings. The number of fused-ring (bicyclic) bond motifs is 1. The van der Waals surface area contributed by atoms with E-state index in [2.05, 4.69) is 45.5 Å². The summed E-state index contributed by atoms with van der Waals surface area (Å²) in [6.07, 6.45) is 5.05. The van der Waals surface area contributed by atoms with Gasteiger partial charge in [-0.05, 0) is 77.6 Å². The minimum absolute atomic E-state index is 0.0701. The van der Waals surface area contributed by atoms with Gasteiger partial charge in [0.1, 0.15) is 18.0 Å². The van der Waals surface area contributed by atoms with Crippen LogP contribution in [-0.4, -0.2) is 69.9 Å². The quantitative estimate of drug-likeness (QED) is 0.115. The van der Waals surface area contributed by atoms with Crippen LogP contribution in [0.5, 0.6) is 5.75 Å². The lowest BCUT2D eigenvalue weighted by Crippen LogP contribution is -2.55. The van der Waals surface area contributed by atoms with Gasteiger partial charge in [-0.1, -0.05) is 36.4 Å². The third kappa shape index (κ3) is 8.21. The van der Waals surface area contributed by atoms with E-state index in [1.165, 1.54) is 0 Å². The van der Waals surface area contributed by atoms with Crippen molar-refractivity contribution in [2.75, 3.05) is 19.7 Å². The summed E-state index contributed by atoms with van der Waals surface area (Å²) in [5.74, 6) is 0.171. The highest BCUT2D eigenvalue weighted by molar-refractivity contribution is 14.1. The van der Waals surface area contributed by atoms with Gasteiger partial charge in [0, 0.05) is 49.1 Å². The monoisotopic (exact) mass is 671 g/mol. The van der Waals surface area contributed by atoms with Gasteiger partial charge in [-0.2, -0.15) is 0 Å². The maximum Gasteiger partial charge on any atom is 0.247 e. The van der Waals surface area contributed by atoms with Crippen molar-refractivity contribution in [3.63, 3.8) is 0 Å². The number of benzene rings is 2. The van der Waals surface area contributed by atoms with Crippen LogP contribution in [0.15, 0.2) is 78.9 Å². The molecule has 0 saturated carbocycles. The Bertz CT molecular complexity index is 1340. The van der Waals surface area contributed by atoms with Crippen LogP contribution in [0.1, 0.15) is 37.8 Å². The number of carbonyl (C=O) groups excluding carboxylic acids is 2. The predicted octanol–water partition coefficient (Wildman–Crippen LogP) is 4.51. The summed E-state index contributed by atoms with van der Waals surface area (Å²) in [4.78, 5) is 31.9. The van der Waals surface area contributed by atoms with Crippen LogP contribution in [0.25, 0.3) is 10.9 Å². The average Bonchev–Trinajstić information content (AvgIpc) is 3.40. The number of aromatic nitrogens is 1. The van der Waals surface area contributed by atoms with Crippen molar-refractivity contribution in [1.82, 2.24) is 15.2 Å². The second-order valence-corrected chi connectivity index (χ2v) is 11.4. The Labute approximate surface area is 254 Å². The predicted molar refractivity (Wildman–Crippen MR) is 169 cm³/mol. The number of H-pyrrole nitrogens is 1. The van der Waals surface area contributed by atoms with Crippen LogP contribution in [-0.2, 0) is 16.0 Å². The number of hydrogen-bond donors (Lipinski definition) is 4. The molecule has 0 aliphatic heterocycles. The number of halogens is 1. The Balaban J connectivity index is 1.61. The molecule has 0 saturated heterocycles. The lowest BCUT2D eigenvalue weighted by Gasteiger charge is -2.40. The molecule has 3 unspecified atom stereocenters. The van der Waals surface area contributed by atoms with Crippen LogP contribution in [0.3, 0.4) is 0 Å². The molecule has 1 aromatic heterocycles. The Morgan fingerprint density at radius 3 is 2.71 bits per heavy atom. The summed E-state index contributed by atoms with van der Waals surface area (Å²) in [5, 5.41) is 24.7. The molecule has 41 heavy (non-hydrogen) atoms. The van der Waals surface area contributed by atoms with E-state index < -0.39 is 18.2 Å². The van der Waals surface area contributed by atoms with Gasteiger partial charge in [0.15, 0.2) is 0 Å². The third-order valence-electron chi connectivity index (χ3n) is 7.29. The molecule has 8 nitrogen and oxygen atoms in total. The van der Waals surface area contributed by atoms with Gasteiger partial charge in [0.2, 0.25) is 11.8 Å². The zero-order chi connectivity index (χ0) is 29.2. The van der Waals surface area contributed by atoms with Gasteiger partial charge in [-0.25, -0.2) is 0 Å². The van der Waals surface area contributed by atoms with Crippen molar-refractivity contribution in [3.8, 4) is 5.75 Å². The number of ether oxygens (including phenoxy) is 1. The Morgan fingerprint density at radius 2 is 1.95 bits per heavy atom. The first-order chi connectivity index (χ1) is 19.9. The molecule has 1 heterocycles. The lowest BCUT2D eigenvalue weighted by atomic mass is 9.87. The van der Waals surface area contributed by atoms with E-state index in [0.29, 0.717) is 37.1 Å². The number of unbranched alkanes of at least 4 members (excludes halogenated alkanes) is 2. The average molecular weight is 672 g/mol. The Hall–Kier alpha value is -3.15. The fourth-order valence-electron chi connectivity index (χ4n) is 5.16. The van der Waals surface area contributed by atoms with E-state index >= 15 is 0 Å². The highest BCUT2D eigenvalue weighted by Gasteiger charge is 2.40. The summed E-state index contributed by atoms with van der Waals surface area (Å²) in [6.45, 7) is 4.06. The summed E-state index contributed by atoms with van der Waals surface area (Å²) < 4.78 is 7.11. The third-order valence-corrected chi connectivity index (χ3v) is 8.18. The van der Waals surface area contributed by atoms with Crippen molar-refractivity contribution in [2.45, 2.75) is 56.8 Å². The fraction of sp³-hybridized carbons (Fsp3) is 0.375. The maximum absolute atomic E-state index is 13.7. The molecule has 4 rings (SSSR count). The minimum atomic E-state index is -1.06. The number of para-hydroxylation sites is 2. The van der Waals surface area contributed by atoms with E-state index in [-0.39, 0.29) is 31.4 Å². The molecule has 2 aromatic carbocycles. The van der Waals surface area contributed by atoms with Crippen LogP contribution in [0, 0.1) is 3.57 Å². The number of carbonyl (C=O) groups is 2. The molecular formula is C32H38IN3O5. The van der Waals surface area contributed by atoms with E-state index in [1.54, 1.807) is 11.0 Å². The summed E-state index contributed by atoms with van der Waals surface area (Å²) in [7, 11) is 0. The molecule has 1 aliphatic rings. The number of aliphatic hydroxyl groups excluding tert-OH is 2. The number of rotatable bonds is 14. The molecule has 4 N–H and O–H groups in total. The SMILES string of the molecule is C=CCCCCC(=O)N(CCc1cc2ccccc2[nH]1)C1CC(C(=O)NCCO)=CC(Oc2ccccc2I)C1O. The molecule has 0 bridgehead atoms. The number of aliphatic hydroxyl groups is 2. The van der Waals surface area contributed by atoms with Gasteiger partial charge >= 0.3 is 0 Å². The first kappa shape index (κ1) is 30.8. The summed E-state index contributed by atoms with van der Waals surface area (Å²) >= 11 is 2.17. The standard InChI is InChI=1S/C32H38IN3O5/c1-2-3-4-5-14-30(38)36(17-15-24-19-22-10-6-8-12-26(22)35-24)27-20-23(32(40)34-16-18-37)21-29(31(27)39)41-28-13-9-7-11-25(28)33/h2,6-13,19,21,27,29,31,35,37,39H,1,3-5,14-18,20H2,(H,34,40). The van der Waals surface area contributed by atoms with E-state index in [1.807, 2.05) is 54.6 Å². The largest absolute Gasteiger partial charge is 0.482 e. The van der Waals surface area contributed by atoms with Gasteiger partial charge in [0.05, 0.1) is 16.2 Å². The number of allylic oxidation sites excluding steroid dienone is 1. The molecule has 1 aliphatic carbocycles. The first-order valence-electron chi connectivity index (χ1n) is 14.1. The minimum Gasteiger partial charge on any atom is -0.482 e. The van der Waals surface area contributed by atoms with Crippen molar-refractivity contribution >= 4 is 45.3 Å². The van der Waals surface area contributed by atoms with Gasteiger partial charge in [-0.3, -0.25) is 9.59 Å². The van der Waals surface area contributed by atoms with Crippen molar-refractivity contribution < 1.29 is 24.5 Å². The van der Waals surface area contributed by atoms with E-state index in [9.17, 15) is 19.8 Å². The number of nitrogens with one attached hydrogen (secondary N) is 2. The van der Waals surface area contributed by atoms with Crippen molar-refractivity contribution in [3.05, 3.63) is 88.2 Å². The number of nitrogens with zero attached hydrogens (tertiary/aromatic N) is 1. The Kier molecular flexibility index (Phi) is 11.4. The fourth-order valence-corrected chi connectivity index (χ4v) is 5.67. The second kappa shape index (κ2) is 15.2. The highest BCUT2D eigenvalue weighted by Crippen LogP contribution is 2.30. The van der Waals surface area contributed by atoms with Crippen LogP contribution in [0.2, 0.25) is 0 Å². The zero-order valence-corrected chi connectivity index (χ0v) is 25.3. The molecular weight excluding hydrogens is 633 g/mol. The van der Waals surface area contributed by atoms with Gasteiger partial charge in [-0.15, -0.1) is 6.58 Å². The van der Waals surface area contributed by atoms with Gasteiger partial charge in [0.25, 0.3) is 0 Å². The van der Waals surface area contributed by atoms with E-state index in [0.717, 1.165) is 33.0 Å². The van der Waals surface area contributed by atoms with E-state index in [4.69, 9.17) is 4.74 Å². The number of amides is 2. The first-order valence-corrected chi connectivity index (χ1v) is 15.1. The van der Waals surface area contributed by atoms with Crippen LogP contribution in [0.4, 0.5) is 0 Å². The maximum atomic E-state index is 13.7. The Morgan fingerprint density at radius 1 is 1.17 bits per heavy atom. The molecule has 2 amide bonds. The molecule has 0 spiro atoms.